The minimum atomic E-state index is 0.312. The molecular weight excluding hydrogens is 485 g/mol. The molecule has 7 heteroatoms. The van der Waals surface area contributed by atoms with Crippen molar-refractivity contribution in [2.24, 2.45) is 0 Å². The van der Waals surface area contributed by atoms with E-state index < -0.39 is 0 Å². The van der Waals surface area contributed by atoms with Crippen molar-refractivity contribution < 1.29 is 4.74 Å². The van der Waals surface area contributed by atoms with Crippen molar-refractivity contribution in [1.82, 2.24) is 9.97 Å². The average molecular weight is 499 g/mol. The number of aromatic amines is 1. The molecule has 148 valence electrons. The lowest BCUT2D eigenvalue weighted by molar-refractivity contribution is 0.304. The summed E-state index contributed by atoms with van der Waals surface area (Å²) in [6, 6.07) is 20.8. The zero-order valence-corrected chi connectivity index (χ0v) is 18.6. The third-order valence-electron chi connectivity index (χ3n) is 4.43. The van der Waals surface area contributed by atoms with Crippen molar-refractivity contribution in [2.45, 2.75) is 6.61 Å². The van der Waals surface area contributed by atoms with Crippen molar-refractivity contribution in [1.29, 1.82) is 5.26 Å². The summed E-state index contributed by atoms with van der Waals surface area (Å²) >= 11 is 15.7. The van der Waals surface area contributed by atoms with Gasteiger partial charge in [0.2, 0.25) is 0 Å². The van der Waals surface area contributed by atoms with Crippen LogP contribution in [0.1, 0.15) is 17.0 Å². The zero-order chi connectivity index (χ0) is 21.1. The van der Waals surface area contributed by atoms with Gasteiger partial charge < -0.3 is 9.72 Å². The lowest BCUT2D eigenvalue weighted by atomic mass is 10.1. The molecule has 0 aliphatic heterocycles. The van der Waals surface area contributed by atoms with Gasteiger partial charge in [0.05, 0.1) is 21.1 Å². The van der Waals surface area contributed by atoms with Gasteiger partial charge in [-0.25, -0.2) is 4.98 Å². The summed E-state index contributed by atoms with van der Waals surface area (Å²) in [5.74, 6) is 1.20. The second-order valence-electron chi connectivity index (χ2n) is 6.49. The Labute approximate surface area is 191 Å². The summed E-state index contributed by atoms with van der Waals surface area (Å²) in [7, 11) is 0. The number of fused-ring (bicyclic) bond motifs is 1. The number of halogens is 3. The third-order valence-corrected chi connectivity index (χ3v) is 5.64. The number of nitrogens with one attached hydrogen (secondary N) is 1. The Morgan fingerprint density at radius 3 is 2.70 bits per heavy atom. The molecule has 4 aromatic rings. The Balaban J connectivity index is 1.55. The number of aromatic nitrogens is 2. The number of H-pyrrole nitrogens is 1. The van der Waals surface area contributed by atoms with Crippen molar-refractivity contribution in [3.8, 4) is 11.8 Å². The monoisotopic (exact) mass is 497 g/mol. The Kier molecular flexibility index (Phi) is 6.10. The van der Waals surface area contributed by atoms with E-state index in [1.807, 2.05) is 48.5 Å². The minimum Gasteiger partial charge on any atom is -0.488 e. The van der Waals surface area contributed by atoms with E-state index in [0.717, 1.165) is 26.6 Å². The molecule has 4 nitrogen and oxygen atoms in total. The van der Waals surface area contributed by atoms with E-state index in [0.29, 0.717) is 33.8 Å². The molecule has 0 saturated carbocycles. The summed E-state index contributed by atoms with van der Waals surface area (Å²) in [6.07, 6.45) is 1.78. The van der Waals surface area contributed by atoms with E-state index >= 15 is 0 Å². The molecule has 0 saturated heterocycles. The summed E-state index contributed by atoms with van der Waals surface area (Å²) in [5.41, 5.74) is 3.84. The minimum absolute atomic E-state index is 0.312. The number of allylic oxidation sites excluding steroid dienone is 1. The van der Waals surface area contributed by atoms with Gasteiger partial charge in [0.15, 0.2) is 0 Å². The van der Waals surface area contributed by atoms with Crippen LogP contribution in [0.2, 0.25) is 10.0 Å². The number of ether oxygens (including phenoxy) is 1. The predicted octanol–water partition coefficient (Wildman–Crippen LogP) is 7.28. The first-order valence-electron chi connectivity index (χ1n) is 8.96. The van der Waals surface area contributed by atoms with Crippen molar-refractivity contribution in [3.63, 3.8) is 0 Å². The number of nitrogens with zero attached hydrogens (tertiary/aromatic N) is 2. The molecule has 0 aliphatic rings. The Morgan fingerprint density at radius 1 is 1.13 bits per heavy atom. The number of hydrogen-bond donors (Lipinski definition) is 1. The highest BCUT2D eigenvalue weighted by molar-refractivity contribution is 9.10. The Bertz CT molecular complexity index is 1270. The van der Waals surface area contributed by atoms with Gasteiger partial charge in [-0.2, -0.15) is 5.26 Å². The zero-order valence-electron chi connectivity index (χ0n) is 15.5. The van der Waals surface area contributed by atoms with Crippen molar-refractivity contribution in [2.75, 3.05) is 0 Å². The lowest BCUT2D eigenvalue weighted by Crippen LogP contribution is -1.97. The van der Waals surface area contributed by atoms with Crippen LogP contribution in [-0.2, 0) is 6.61 Å². The number of hydrogen-bond acceptors (Lipinski definition) is 3. The summed E-state index contributed by atoms with van der Waals surface area (Å²) in [6.45, 7) is 0.312. The molecule has 1 N–H and O–H groups in total. The summed E-state index contributed by atoms with van der Waals surface area (Å²) in [5, 5.41) is 10.7. The molecule has 0 unspecified atom stereocenters. The van der Waals surface area contributed by atoms with E-state index in [4.69, 9.17) is 27.9 Å². The van der Waals surface area contributed by atoms with Gasteiger partial charge in [0, 0.05) is 15.6 Å². The van der Waals surface area contributed by atoms with Gasteiger partial charge >= 0.3 is 0 Å². The topological polar surface area (TPSA) is 61.7 Å². The van der Waals surface area contributed by atoms with Crippen LogP contribution in [0.4, 0.5) is 0 Å². The first kappa shape index (κ1) is 20.5. The quantitative estimate of drug-likeness (QED) is 0.294. The Hall–Kier alpha value is -2.78. The fourth-order valence-electron chi connectivity index (χ4n) is 2.92. The maximum absolute atomic E-state index is 9.61. The first-order chi connectivity index (χ1) is 14.5. The third kappa shape index (κ3) is 4.52. The molecule has 30 heavy (non-hydrogen) atoms. The molecule has 0 amide bonds. The van der Waals surface area contributed by atoms with Crippen LogP contribution in [0.25, 0.3) is 22.7 Å². The van der Waals surface area contributed by atoms with Crippen molar-refractivity contribution >= 4 is 61.8 Å². The molecule has 0 aliphatic carbocycles. The second-order valence-corrected chi connectivity index (χ2v) is 8.18. The number of nitriles is 1. The molecule has 3 aromatic carbocycles. The Morgan fingerprint density at radius 2 is 1.97 bits per heavy atom. The van der Waals surface area contributed by atoms with E-state index in [9.17, 15) is 5.26 Å². The highest BCUT2D eigenvalue weighted by atomic mass is 79.9. The number of benzene rings is 3. The van der Waals surface area contributed by atoms with E-state index in [1.54, 1.807) is 18.2 Å². The second kappa shape index (κ2) is 8.93. The molecule has 0 spiro atoms. The molecule has 1 aromatic heterocycles. The maximum atomic E-state index is 9.61. The van der Waals surface area contributed by atoms with Gasteiger partial charge in [-0.05, 0) is 64.0 Å². The predicted molar refractivity (Wildman–Crippen MR) is 125 cm³/mol. The highest BCUT2D eigenvalue weighted by Crippen LogP contribution is 2.30. The molecule has 0 bridgehead atoms. The van der Waals surface area contributed by atoms with Crippen LogP contribution in [-0.4, -0.2) is 9.97 Å². The lowest BCUT2D eigenvalue weighted by Gasteiger charge is -2.10. The average Bonchev–Trinajstić information content (AvgIpc) is 3.16. The molecule has 0 atom stereocenters. The molecule has 4 rings (SSSR count). The van der Waals surface area contributed by atoms with Gasteiger partial charge in [0.1, 0.15) is 24.3 Å². The molecule has 0 radical (unpaired) electrons. The van der Waals surface area contributed by atoms with E-state index in [2.05, 4.69) is 32.0 Å². The maximum Gasteiger partial charge on any atom is 0.149 e. The smallest absolute Gasteiger partial charge is 0.149 e. The fourth-order valence-corrected chi connectivity index (χ4v) is 3.89. The van der Waals surface area contributed by atoms with Gasteiger partial charge in [-0.3, -0.25) is 0 Å². The molecule has 0 fully saturated rings. The van der Waals surface area contributed by atoms with Crippen molar-refractivity contribution in [3.05, 3.63) is 92.1 Å². The van der Waals surface area contributed by atoms with Crippen LogP contribution in [0.5, 0.6) is 5.75 Å². The number of rotatable bonds is 5. The normalized spacial score (nSPS) is 11.5. The van der Waals surface area contributed by atoms with E-state index in [-0.39, 0.29) is 0 Å². The first-order valence-corrected chi connectivity index (χ1v) is 10.5. The number of imidazole rings is 1. The summed E-state index contributed by atoms with van der Waals surface area (Å²) < 4.78 is 6.64. The van der Waals surface area contributed by atoms with Gasteiger partial charge in [-0.1, -0.05) is 47.5 Å². The van der Waals surface area contributed by atoms with Gasteiger partial charge in [0.25, 0.3) is 0 Å². The molecule has 1 heterocycles. The highest BCUT2D eigenvalue weighted by Gasteiger charge is 2.09. The van der Waals surface area contributed by atoms with Gasteiger partial charge in [-0.15, -0.1) is 0 Å². The van der Waals surface area contributed by atoms with Crippen LogP contribution < -0.4 is 4.74 Å². The van der Waals surface area contributed by atoms with Crippen LogP contribution in [0.3, 0.4) is 0 Å². The van der Waals surface area contributed by atoms with Crippen LogP contribution >= 0.6 is 39.1 Å². The SMILES string of the molecule is N#C/C(=C\c1ccc(OCc2ccc(Cl)cc2Cl)c(Br)c1)c1nc2ccccc2[nH]1. The largest absolute Gasteiger partial charge is 0.488 e. The molecular formula is C23H14BrCl2N3O. The van der Waals surface area contributed by atoms with Crippen LogP contribution in [0.15, 0.2) is 65.1 Å². The van der Waals surface area contributed by atoms with Crippen LogP contribution in [0, 0.1) is 11.3 Å². The fraction of sp³-hybridized carbons (Fsp3) is 0.0435. The van der Waals surface area contributed by atoms with E-state index in [1.165, 1.54) is 0 Å². The summed E-state index contributed by atoms with van der Waals surface area (Å²) in [4.78, 5) is 7.67. The number of para-hydroxylation sites is 2. The standard InChI is InChI=1S/C23H14BrCl2N3O/c24-18-10-14(5-8-22(18)30-13-15-6-7-17(25)11-19(15)26)9-16(12-27)23-28-20-3-1-2-4-21(20)29-23/h1-11H,13H2,(H,28,29)/b16-9+.